The van der Waals surface area contributed by atoms with Crippen molar-refractivity contribution in [2.45, 2.75) is 32.5 Å². The first kappa shape index (κ1) is 19.4. The van der Waals surface area contributed by atoms with Crippen molar-refractivity contribution >= 4 is 22.5 Å². The first-order chi connectivity index (χ1) is 15.2. The third kappa shape index (κ3) is 4.06. The molecular formula is C23H26N8. The van der Waals surface area contributed by atoms with Crippen molar-refractivity contribution in [1.82, 2.24) is 30.2 Å². The lowest BCUT2D eigenvalue weighted by atomic mass is 10.1. The lowest BCUT2D eigenvalue weighted by Crippen LogP contribution is -2.54. The summed E-state index contributed by atoms with van der Waals surface area (Å²) in [6, 6.07) is 9.14. The van der Waals surface area contributed by atoms with Gasteiger partial charge in [-0.05, 0) is 32.0 Å². The van der Waals surface area contributed by atoms with Gasteiger partial charge in [-0.3, -0.25) is 0 Å². The van der Waals surface area contributed by atoms with E-state index in [4.69, 9.17) is 4.98 Å². The Morgan fingerprint density at radius 1 is 1.10 bits per heavy atom. The number of nitrogens with zero attached hydrogens (tertiary/aromatic N) is 5. The van der Waals surface area contributed by atoms with Gasteiger partial charge in [-0.2, -0.15) is 0 Å². The predicted octanol–water partition coefficient (Wildman–Crippen LogP) is 3.21. The highest BCUT2D eigenvalue weighted by molar-refractivity contribution is 6.01. The van der Waals surface area contributed by atoms with Gasteiger partial charge < -0.3 is 20.5 Å². The Hall–Kier alpha value is -3.52. The smallest absolute Gasteiger partial charge is 0.139 e. The van der Waals surface area contributed by atoms with Crippen molar-refractivity contribution in [2.75, 3.05) is 23.3 Å². The zero-order valence-corrected chi connectivity index (χ0v) is 17.7. The molecule has 1 aliphatic heterocycles. The molecule has 1 saturated heterocycles. The fourth-order valence-electron chi connectivity index (χ4n) is 4.31. The highest BCUT2D eigenvalue weighted by Crippen LogP contribution is 2.32. The summed E-state index contributed by atoms with van der Waals surface area (Å²) >= 11 is 0. The molecule has 8 heteroatoms. The maximum Gasteiger partial charge on any atom is 0.139 e. The molecule has 0 unspecified atom stereocenters. The van der Waals surface area contributed by atoms with Crippen molar-refractivity contribution < 1.29 is 0 Å². The first-order valence-electron chi connectivity index (χ1n) is 10.6. The SMILES string of the molecule is C[C@@H]1CN(c2cccc(CNc3ccnc4[nH]cc(-c5cncnc5)c34)n2)C[C@H](C)N1. The molecule has 8 nitrogen and oxygen atoms in total. The summed E-state index contributed by atoms with van der Waals surface area (Å²) in [4.78, 5) is 23.3. The van der Waals surface area contributed by atoms with E-state index in [-0.39, 0.29) is 0 Å². The van der Waals surface area contributed by atoms with Crippen LogP contribution in [0.1, 0.15) is 19.5 Å². The minimum atomic E-state index is 0.450. The molecule has 1 aliphatic rings. The van der Waals surface area contributed by atoms with Crippen molar-refractivity contribution in [3.8, 4) is 11.1 Å². The minimum Gasteiger partial charge on any atom is -0.379 e. The molecule has 4 aromatic rings. The summed E-state index contributed by atoms with van der Waals surface area (Å²) in [5.41, 5.74) is 4.81. The fraction of sp³-hybridized carbons (Fsp3) is 0.304. The third-order valence-electron chi connectivity index (χ3n) is 5.58. The van der Waals surface area contributed by atoms with Crippen molar-refractivity contribution in [3.05, 3.63) is 61.1 Å². The van der Waals surface area contributed by atoms with Gasteiger partial charge >= 0.3 is 0 Å². The number of nitrogens with one attached hydrogen (secondary N) is 3. The van der Waals surface area contributed by atoms with E-state index in [1.807, 2.05) is 24.7 Å². The van der Waals surface area contributed by atoms with Crippen LogP contribution in [0, 0.1) is 0 Å². The number of H-pyrrole nitrogens is 1. The van der Waals surface area contributed by atoms with Crippen LogP contribution >= 0.6 is 0 Å². The third-order valence-corrected chi connectivity index (χ3v) is 5.58. The summed E-state index contributed by atoms with van der Waals surface area (Å²) in [5.74, 6) is 1.03. The molecule has 2 atom stereocenters. The van der Waals surface area contributed by atoms with E-state index >= 15 is 0 Å². The number of anilines is 2. The van der Waals surface area contributed by atoms with Crippen LogP contribution in [0.25, 0.3) is 22.2 Å². The second-order valence-corrected chi connectivity index (χ2v) is 8.13. The second-order valence-electron chi connectivity index (χ2n) is 8.13. The number of aromatic nitrogens is 5. The zero-order chi connectivity index (χ0) is 21.2. The molecule has 158 valence electrons. The monoisotopic (exact) mass is 414 g/mol. The molecule has 0 aromatic carbocycles. The number of hydrogen-bond donors (Lipinski definition) is 3. The average molecular weight is 415 g/mol. The largest absolute Gasteiger partial charge is 0.379 e. The first-order valence-corrected chi connectivity index (χ1v) is 10.6. The molecule has 5 heterocycles. The molecule has 0 bridgehead atoms. The van der Waals surface area contributed by atoms with Gasteiger partial charge in [0.25, 0.3) is 0 Å². The van der Waals surface area contributed by atoms with Crippen LogP contribution in [-0.4, -0.2) is 50.1 Å². The van der Waals surface area contributed by atoms with Crippen LogP contribution in [-0.2, 0) is 6.54 Å². The number of aromatic amines is 1. The number of fused-ring (bicyclic) bond motifs is 1. The summed E-state index contributed by atoms with van der Waals surface area (Å²) in [6.45, 7) is 6.99. The van der Waals surface area contributed by atoms with Crippen LogP contribution in [0.15, 0.2) is 55.4 Å². The number of piperazine rings is 1. The molecule has 0 spiro atoms. The van der Waals surface area contributed by atoms with Crippen LogP contribution in [0.4, 0.5) is 11.5 Å². The lowest BCUT2D eigenvalue weighted by Gasteiger charge is -2.37. The normalized spacial score (nSPS) is 19.0. The maximum atomic E-state index is 4.92. The van der Waals surface area contributed by atoms with Gasteiger partial charge in [0, 0.05) is 72.2 Å². The van der Waals surface area contributed by atoms with Crippen LogP contribution in [0.2, 0.25) is 0 Å². The van der Waals surface area contributed by atoms with Crippen molar-refractivity contribution in [2.24, 2.45) is 0 Å². The van der Waals surface area contributed by atoms with E-state index in [0.717, 1.165) is 52.4 Å². The maximum absolute atomic E-state index is 4.92. The molecule has 31 heavy (non-hydrogen) atoms. The zero-order valence-electron chi connectivity index (χ0n) is 17.7. The highest BCUT2D eigenvalue weighted by atomic mass is 15.3. The van der Waals surface area contributed by atoms with Gasteiger partial charge in [-0.15, -0.1) is 0 Å². The summed E-state index contributed by atoms with van der Waals surface area (Å²) in [6.07, 6.45) is 8.92. The molecule has 0 radical (unpaired) electrons. The summed E-state index contributed by atoms with van der Waals surface area (Å²) < 4.78 is 0. The average Bonchev–Trinajstić information content (AvgIpc) is 3.23. The van der Waals surface area contributed by atoms with Gasteiger partial charge in [0.2, 0.25) is 0 Å². The van der Waals surface area contributed by atoms with E-state index in [9.17, 15) is 0 Å². The van der Waals surface area contributed by atoms with Crippen LogP contribution in [0.5, 0.6) is 0 Å². The Labute approximate surface area is 181 Å². The molecule has 5 rings (SSSR count). The van der Waals surface area contributed by atoms with Crippen molar-refractivity contribution in [1.29, 1.82) is 0 Å². The quantitative estimate of drug-likeness (QED) is 0.462. The topological polar surface area (TPSA) is 94.7 Å². The Kier molecular flexibility index (Phi) is 5.21. The number of hydrogen-bond acceptors (Lipinski definition) is 7. The van der Waals surface area contributed by atoms with Gasteiger partial charge in [0.05, 0.1) is 12.2 Å². The second kappa shape index (κ2) is 8.31. The molecule has 0 amide bonds. The van der Waals surface area contributed by atoms with Crippen LogP contribution < -0.4 is 15.5 Å². The molecule has 0 saturated carbocycles. The minimum absolute atomic E-state index is 0.450. The lowest BCUT2D eigenvalue weighted by molar-refractivity contribution is 0.405. The Balaban J connectivity index is 1.39. The fourth-order valence-corrected chi connectivity index (χ4v) is 4.31. The van der Waals surface area contributed by atoms with E-state index in [2.05, 4.69) is 67.5 Å². The van der Waals surface area contributed by atoms with E-state index in [0.29, 0.717) is 18.6 Å². The predicted molar refractivity (Wildman–Crippen MR) is 123 cm³/mol. The standard InChI is InChI=1S/C23H26N8/c1-15-12-31(13-16(2)29-15)21-5-3-4-18(30-21)10-27-20-6-7-26-23-22(20)19(11-28-23)17-8-24-14-25-9-17/h3-9,11,14-16,29H,10,12-13H2,1-2H3,(H2,26,27,28)/t15-,16+. The van der Waals surface area contributed by atoms with E-state index < -0.39 is 0 Å². The Bertz CT molecular complexity index is 1160. The van der Waals surface area contributed by atoms with Gasteiger partial charge in [0.1, 0.15) is 17.8 Å². The molecule has 3 N–H and O–H groups in total. The van der Waals surface area contributed by atoms with Gasteiger partial charge in [-0.1, -0.05) is 6.07 Å². The van der Waals surface area contributed by atoms with Crippen LogP contribution in [0.3, 0.4) is 0 Å². The molecule has 1 fully saturated rings. The number of pyridine rings is 2. The molecule has 4 aromatic heterocycles. The Morgan fingerprint density at radius 2 is 1.90 bits per heavy atom. The highest BCUT2D eigenvalue weighted by Gasteiger charge is 2.22. The van der Waals surface area contributed by atoms with E-state index in [1.165, 1.54) is 6.33 Å². The molecular weight excluding hydrogens is 388 g/mol. The molecule has 0 aliphatic carbocycles. The van der Waals surface area contributed by atoms with Gasteiger partial charge in [-0.25, -0.2) is 19.9 Å². The summed E-state index contributed by atoms with van der Waals surface area (Å²) in [7, 11) is 0. The Morgan fingerprint density at radius 3 is 2.71 bits per heavy atom. The number of rotatable bonds is 5. The van der Waals surface area contributed by atoms with Crippen molar-refractivity contribution in [3.63, 3.8) is 0 Å². The summed E-state index contributed by atoms with van der Waals surface area (Å²) in [5, 5.41) is 8.15. The van der Waals surface area contributed by atoms with E-state index in [1.54, 1.807) is 6.20 Å². The van der Waals surface area contributed by atoms with Gasteiger partial charge in [0.15, 0.2) is 0 Å².